The van der Waals surface area contributed by atoms with Gasteiger partial charge in [-0.2, -0.15) is 0 Å². The van der Waals surface area contributed by atoms with Gasteiger partial charge in [0.05, 0.1) is 5.69 Å². The smallest absolute Gasteiger partial charge is 0.257 e. The van der Waals surface area contributed by atoms with Gasteiger partial charge in [0.15, 0.2) is 5.11 Å². The third-order valence-corrected chi connectivity index (χ3v) is 6.15. The van der Waals surface area contributed by atoms with Gasteiger partial charge in [-0.3, -0.25) is 10.1 Å². The molecule has 0 fully saturated rings. The first-order valence-corrected chi connectivity index (χ1v) is 11.7. The number of hydrogen-bond donors (Lipinski definition) is 2. The first-order valence-electron chi connectivity index (χ1n) is 10.2. The number of aromatic nitrogens is 3. The molecule has 1 amide bonds. The lowest BCUT2D eigenvalue weighted by Crippen LogP contribution is -2.34. The van der Waals surface area contributed by atoms with Crippen molar-refractivity contribution in [3.8, 4) is 5.69 Å². The van der Waals surface area contributed by atoms with Crippen LogP contribution in [0.15, 0.2) is 78.9 Å². The number of rotatable bonds is 3. The van der Waals surface area contributed by atoms with Crippen LogP contribution in [0.1, 0.15) is 15.9 Å². The highest BCUT2D eigenvalue weighted by atomic mass is 127. The molecule has 0 bridgehead atoms. The summed E-state index contributed by atoms with van der Waals surface area (Å²) in [6, 6.07) is 25.4. The van der Waals surface area contributed by atoms with Crippen LogP contribution in [-0.4, -0.2) is 26.0 Å². The SMILES string of the molecule is Cc1cc2nn(-c3cccc4ccccc34)nc2cc1NC(=S)NC(=O)c1cccc(I)c1. The number of aryl methyl sites for hydroxylation is 1. The number of fused-ring (bicyclic) bond motifs is 2. The summed E-state index contributed by atoms with van der Waals surface area (Å²) in [7, 11) is 0. The van der Waals surface area contributed by atoms with Crippen LogP contribution >= 0.6 is 34.8 Å². The molecule has 0 saturated carbocycles. The van der Waals surface area contributed by atoms with Gasteiger partial charge >= 0.3 is 0 Å². The largest absolute Gasteiger partial charge is 0.332 e. The van der Waals surface area contributed by atoms with E-state index in [1.807, 2.05) is 55.5 Å². The predicted molar refractivity (Wildman–Crippen MR) is 144 cm³/mol. The van der Waals surface area contributed by atoms with Gasteiger partial charge in [0, 0.05) is 20.2 Å². The molecule has 0 unspecified atom stereocenters. The maximum Gasteiger partial charge on any atom is 0.257 e. The molecular weight excluding hydrogens is 545 g/mol. The Balaban J connectivity index is 1.41. The van der Waals surface area contributed by atoms with Gasteiger partial charge in [0.2, 0.25) is 0 Å². The zero-order valence-electron chi connectivity index (χ0n) is 17.5. The minimum Gasteiger partial charge on any atom is -0.332 e. The standard InChI is InChI=1S/C25H18IN5OS/c1-15-12-21-22(30-31(29-21)23-11-5-7-16-6-2-3-10-19(16)23)14-20(15)27-25(33)28-24(32)17-8-4-9-18(26)13-17/h2-14H,1H3,(H2,27,28,32,33). The summed E-state index contributed by atoms with van der Waals surface area (Å²) in [5, 5.41) is 17.7. The molecule has 1 heterocycles. The van der Waals surface area contributed by atoms with E-state index < -0.39 is 0 Å². The van der Waals surface area contributed by atoms with Crippen molar-refractivity contribution in [3.05, 3.63) is 93.6 Å². The van der Waals surface area contributed by atoms with Crippen molar-refractivity contribution in [2.24, 2.45) is 0 Å². The molecule has 0 aliphatic rings. The van der Waals surface area contributed by atoms with Gasteiger partial charge in [-0.25, -0.2) is 0 Å². The molecule has 0 radical (unpaired) electrons. The average Bonchev–Trinajstić information content (AvgIpc) is 3.21. The van der Waals surface area contributed by atoms with Crippen LogP contribution in [-0.2, 0) is 0 Å². The van der Waals surface area contributed by atoms with Gasteiger partial charge < -0.3 is 5.32 Å². The Kier molecular flexibility index (Phi) is 5.77. The van der Waals surface area contributed by atoms with E-state index in [4.69, 9.17) is 17.3 Å². The van der Waals surface area contributed by atoms with Gasteiger partial charge in [-0.15, -0.1) is 15.0 Å². The molecule has 162 valence electrons. The lowest BCUT2D eigenvalue weighted by molar-refractivity contribution is 0.0977. The van der Waals surface area contributed by atoms with E-state index >= 15 is 0 Å². The Morgan fingerprint density at radius 1 is 0.939 bits per heavy atom. The Morgan fingerprint density at radius 3 is 2.48 bits per heavy atom. The highest BCUT2D eigenvalue weighted by molar-refractivity contribution is 14.1. The van der Waals surface area contributed by atoms with E-state index in [0.29, 0.717) is 5.56 Å². The van der Waals surface area contributed by atoms with Crippen molar-refractivity contribution >= 4 is 73.3 Å². The zero-order chi connectivity index (χ0) is 22.9. The highest BCUT2D eigenvalue weighted by Gasteiger charge is 2.13. The molecule has 8 heteroatoms. The number of carbonyl (C=O) groups is 1. The molecule has 1 aromatic heterocycles. The van der Waals surface area contributed by atoms with E-state index in [2.05, 4.69) is 56.5 Å². The van der Waals surface area contributed by atoms with Crippen LogP contribution in [0.5, 0.6) is 0 Å². The summed E-state index contributed by atoms with van der Waals surface area (Å²) in [6.07, 6.45) is 0. The van der Waals surface area contributed by atoms with E-state index in [1.54, 1.807) is 16.9 Å². The summed E-state index contributed by atoms with van der Waals surface area (Å²) in [5.41, 5.74) is 4.68. The number of halogens is 1. The van der Waals surface area contributed by atoms with Crippen LogP contribution < -0.4 is 10.6 Å². The first kappa shape index (κ1) is 21.5. The topological polar surface area (TPSA) is 71.8 Å². The van der Waals surface area contributed by atoms with Crippen LogP contribution in [0.4, 0.5) is 5.69 Å². The van der Waals surface area contributed by atoms with Crippen LogP contribution in [0.25, 0.3) is 27.5 Å². The summed E-state index contributed by atoms with van der Waals surface area (Å²) in [5.74, 6) is -0.258. The minimum atomic E-state index is -0.258. The zero-order valence-corrected chi connectivity index (χ0v) is 20.5. The van der Waals surface area contributed by atoms with Gasteiger partial charge in [-0.1, -0.05) is 42.5 Å². The molecular formula is C25H18IN5OS. The fourth-order valence-corrected chi connectivity index (χ4v) is 4.40. The molecule has 2 N–H and O–H groups in total. The van der Waals surface area contributed by atoms with Gasteiger partial charge in [0.25, 0.3) is 5.91 Å². The molecule has 0 atom stereocenters. The second kappa shape index (κ2) is 8.87. The quantitative estimate of drug-likeness (QED) is 0.221. The summed E-state index contributed by atoms with van der Waals surface area (Å²) in [4.78, 5) is 14.2. The second-order valence-electron chi connectivity index (χ2n) is 7.56. The minimum absolute atomic E-state index is 0.225. The van der Waals surface area contributed by atoms with Crippen LogP contribution in [0, 0.1) is 10.5 Å². The summed E-state index contributed by atoms with van der Waals surface area (Å²) in [6.45, 7) is 1.96. The second-order valence-corrected chi connectivity index (χ2v) is 9.22. The molecule has 4 aromatic carbocycles. The molecule has 5 aromatic rings. The maximum atomic E-state index is 12.5. The first-order chi connectivity index (χ1) is 16.0. The summed E-state index contributed by atoms with van der Waals surface area (Å²) >= 11 is 7.55. The monoisotopic (exact) mass is 563 g/mol. The maximum absolute atomic E-state index is 12.5. The number of nitrogens with zero attached hydrogens (tertiary/aromatic N) is 3. The Bertz CT molecular complexity index is 1540. The lowest BCUT2D eigenvalue weighted by Gasteiger charge is -2.11. The Labute approximate surface area is 209 Å². The average molecular weight is 563 g/mol. The van der Waals surface area contributed by atoms with Crippen molar-refractivity contribution in [2.45, 2.75) is 6.92 Å². The predicted octanol–water partition coefficient (Wildman–Crippen LogP) is 5.61. The molecule has 33 heavy (non-hydrogen) atoms. The van der Waals surface area contributed by atoms with E-state index in [0.717, 1.165) is 42.3 Å². The molecule has 0 aliphatic heterocycles. The lowest BCUT2D eigenvalue weighted by atomic mass is 10.1. The third-order valence-electron chi connectivity index (χ3n) is 5.27. The highest BCUT2D eigenvalue weighted by Crippen LogP contribution is 2.25. The fraction of sp³-hybridized carbons (Fsp3) is 0.0400. The van der Waals surface area contributed by atoms with Crippen molar-refractivity contribution in [1.82, 2.24) is 20.3 Å². The number of anilines is 1. The van der Waals surface area contributed by atoms with Crippen molar-refractivity contribution in [2.75, 3.05) is 5.32 Å². The van der Waals surface area contributed by atoms with E-state index in [1.165, 1.54) is 0 Å². The number of thiocarbonyl (C=S) groups is 1. The summed E-state index contributed by atoms with van der Waals surface area (Å²) < 4.78 is 0.981. The molecule has 6 nitrogen and oxygen atoms in total. The molecule has 0 aliphatic carbocycles. The van der Waals surface area contributed by atoms with Gasteiger partial charge in [-0.05, 0) is 89.1 Å². The Hall–Kier alpha value is -3.37. The van der Waals surface area contributed by atoms with Crippen molar-refractivity contribution in [1.29, 1.82) is 0 Å². The number of amides is 1. The van der Waals surface area contributed by atoms with E-state index in [-0.39, 0.29) is 11.0 Å². The number of nitrogens with one attached hydrogen (secondary N) is 2. The normalized spacial score (nSPS) is 11.0. The fourth-order valence-electron chi connectivity index (χ4n) is 3.65. The molecule has 5 rings (SSSR count). The third kappa shape index (κ3) is 4.44. The van der Waals surface area contributed by atoms with E-state index in [9.17, 15) is 4.79 Å². The molecule has 0 saturated heterocycles. The molecule has 0 spiro atoms. The number of carbonyl (C=O) groups excluding carboxylic acids is 1. The van der Waals surface area contributed by atoms with Crippen LogP contribution in [0.2, 0.25) is 0 Å². The number of benzene rings is 4. The number of hydrogen-bond acceptors (Lipinski definition) is 4. The van der Waals surface area contributed by atoms with Crippen molar-refractivity contribution in [3.63, 3.8) is 0 Å². The Morgan fingerprint density at radius 2 is 1.67 bits per heavy atom. The van der Waals surface area contributed by atoms with Gasteiger partial charge in [0.1, 0.15) is 11.0 Å². The van der Waals surface area contributed by atoms with Crippen molar-refractivity contribution < 1.29 is 4.79 Å². The van der Waals surface area contributed by atoms with Crippen LogP contribution in [0.3, 0.4) is 0 Å².